The van der Waals surface area contributed by atoms with E-state index in [1.54, 1.807) is 23.9 Å². The lowest BCUT2D eigenvalue weighted by Crippen LogP contribution is -2.27. The van der Waals surface area contributed by atoms with Crippen molar-refractivity contribution in [2.45, 2.75) is 13.8 Å². The van der Waals surface area contributed by atoms with Crippen molar-refractivity contribution in [3.63, 3.8) is 0 Å². The number of thiocarbonyl (C=S) groups is 1. The van der Waals surface area contributed by atoms with Crippen LogP contribution < -0.4 is 5.43 Å². The first-order valence-corrected chi connectivity index (χ1v) is 9.98. The van der Waals surface area contributed by atoms with Crippen LogP contribution >= 0.6 is 24.0 Å². The molecule has 0 aliphatic heterocycles. The molecule has 0 aromatic heterocycles. The van der Waals surface area contributed by atoms with E-state index in [4.69, 9.17) is 12.2 Å². The van der Waals surface area contributed by atoms with Crippen molar-refractivity contribution < 1.29 is 4.92 Å². The molecular formula is C19H22N4O2S2. The van der Waals surface area contributed by atoms with Crippen molar-refractivity contribution in [3.05, 3.63) is 70.3 Å². The third kappa shape index (κ3) is 6.33. The Hall–Kier alpha value is -2.45. The van der Waals surface area contributed by atoms with Crippen molar-refractivity contribution in [3.8, 4) is 0 Å². The van der Waals surface area contributed by atoms with E-state index in [1.165, 1.54) is 12.1 Å². The highest BCUT2D eigenvalue weighted by Crippen LogP contribution is 2.17. The van der Waals surface area contributed by atoms with Gasteiger partial charge in [0.05, 0.1) is 16.3 Å². The lowest BCUT2D eigenvalue weighted by atomic mass is 10.1. The highest BCUT2D eigenvalue weighted by Gasteiger charge is 2.10. The summed E-state index contributed by atoms with van der Waals surface area (Å²) in [5.74, 6) is 0.624. The van der Waals surface area contributed by atoms with Crippen molar-refractivity contribution in [1.29, 1.82) is 0 Å². The van der Waals surface area contributed by atoms with Gasteiger partial charge in [-0.2, -0.15) is 5.10 Å². The Kier molecular flexibility index (Phi) is 8.22. The van der Waals surface area contributed by atoms with Gasteiger partial charge in [-0.15, -0.1) is 0 Å². The topological polar surface area (TPSA) is 70.8 Å². The van der Waals surface area contributed by atoms with E-state index in [9.17, 15) is 10.1 Å². The molecule has 0 atom stereocenters. The first kappa shape index (κ1) is 20.9. The number of rotatable bonds is 8. The van der Waals surface area contributed by atoms with Gasteiger partial charge in [-0.05, 0) is 31.5 Å². The van der Waals surface area contributed by atoms with Gasteiger partial charge in [0, 0.05) is 31.0 Å². The number of non-ortho nitro benzene ring substituents is 1. The molecule has 0 saturated heterocycles. The molecule has 0 radical (unpaired) electrons. The molecule has 142 valence electrons. The van der Waals surface area contributed by atoms with Crippen LogP contribution in [-0.2, 0) is 0 Å². The van der Waals surface area contributed by atoms with Gasteiger partial charge >= 0.3 is 0 Å². The van der Waals surface area contributed by atoms with Crippen molar-refractivity contribution >= 4 is 45.4 Å². The van der Waals surface area contributed by atoms with Gasteiger partial charge in [0.25, 0.3) is 5.69 Å². The average Bonchev–Trinajstić information content (AvgIpc) is 2.70. The van der Waals surface area contributed by atoms with Gasteiger partial charge in [-0.1, -0.05) is 54.3 Å². The number of hydrazone groups is 1. The second kappa shape index (κ2) is 10.6. The minimum atomic E-state index is -0.423. The van der Waals surface area contributed by atoms with Gasteiger partial charge < -0.3 is 4.90 Å². The zero-order valence-corrected chi connectivity index (χ0v) is 16.9. The van der Waals surface area contributed by atoms with E-state index in [-0.39, 0.29) is 5.69 Å². The summed E-state index contributed by atoms with van der Waals surface area (Å²) in [5, 5.41) is 15.3. The van der Waals surface area contributed by atoms with Crippen LogP contribution in [0.3, 0.4) is 0 Å². The van der Waals surface area contributed by atoms with Crippen LogP contribution in [0.25, 0.3) is 0 Å². The molecule has 2 aromatic rings. The fraction of sp³-hybridized carbons (Fsp3) is 0.263. The fourth-order valence-electron chi connectivity index (χ4n) is 2.30. The Bertz CT molecular complexity index is 791. The van der Waals surface area contributed by atoms with Crippen molar-refractivity contribution in [2.24, 2.45) is 5.10 Å². The number of hydrogen-bond donors (Lipinski definition) is 1. The Balaban J connectivity index is 2.13. The predicted molar refractivity (Wildman–Crippen MR) is 118 cm³/mol. The predicted octanol–water partition coefficient (Wildman–Crippen LogP) is 4.77. The van der Waals surface area contributed by atoms with Crippen LogP contribution in [0.2, 0.25) is 0 Å². The quantitative estimate of drug-likeness (QED) is 0.297. The maximum absolute atomic E-state index is 10.8. The normalized spacial score (nSPS) is 11.1. The number of benzene rings is 2. The summed E-state index contributed by atoms with van der Waals surface area (Å²) in [5.41, 5.74) is 5.58. The first-order chi connectivity index (χ1) is 13.0. The van der Waals surface area contributed by atoms with Gasteiger partial charge in [0.2, 0.25) is 0 Å². The number of nitro groups is 1. The van der Waals surface area contributed by atoms with E-state index in [2.05, 4.69) is 29.3 Å². The van der Waals surface area contributed by atoms with Crippen LogP contribution in [0.4, 0.5) is 11.4 Å². The monoisotopic (exact) mass is 402 g/mol. The molecule has 0 saturated carbocycles. The summed E-state index contributed by atoms with van der Waals surface area (Å²) >= 11 is 7.08. The fourth-order valence-corrected chi connectivity index (χ4v) is 3.67. The van der Waals surface area contributed by atoms with Gasteiger partial charge in [-0.3, -0.25) is 15.5 Å². The minimum Gasteiger partial charge on any atom is -0.358 e. The second-order valence-corrected chi connectivity index (χ2v) is 7.18. The van der Waals surface area contributed by atoms with Gasteiger partial charge in [0.15, 0.2) is 0 Å². The molecule has 0 aliphatic carbocycles. The number of thioether (sulfide) groups is 1. The van der Waals surface area contributed by atoms with Crippen LogP contribution in [-0.4, -0.2) is 38.7 Å². The zero-order valence-electron chi connectivity index (χ0n) is 15.3. The summed E-state index contributed by atoms with van der Waals surface area (Å²) in [6.07, 6.45) is 0. The molecule has 6 nitrogen and oxygen atoms in total. The van der Waals surface area contributed by atoms with E-state index in [0.717, 1.165) is 28.7 Å². The molecule has 0 amide bonds. The zero-order chi connectivity index (χ0) is 19.6. The summed E-state index contributed by atoms with van der Waals surface area (Å²) in [6.45, 7) is 5.92. The Morgan fingerprint density at radius 1 is 1.15 bits per heavy atom. The maximum Gasteiger partial charge on any atom is 0.269 e. The number of hydrogen-bond acceptors (Lipinski definition) is 6. The van der Waals surface area contributed by atoms with Crippen molar-refractivity contribution in [2.75, 3.05) is 24.3 Å². The molecule has 2 rings (SSSR count). The van der Waals surface area contributed by atoms with Crippen LogP contribution in [0.15, 0.2) is 59.7 Å². The molecule has 0 heterocycles. The first-order valence-electron chi connectivity index (χ1n) is 8.59. The third-order valence-corrected chi connectivity index (χ3v) is 5.39. The van der Waals surface area contributed by atoms with Gasteiger partial charge in [0.1, 0.15) is 4.32 Å². The largest absolute Gasteiger partial charge is 0.358 e. The lowest BCUT2D eigenvalue weighted by molar-refractivity contribution is -0.384. The lowest BCUT2D eigenvalue weighted by Gasteiger charge is -2.21. The summed E-state index contributed by atoms with van der Waals surface area (Å²) in [4.78, 5) is 12.5. The van der Waals surface area contributed by atoms with E-state index in [0.29, 0.717) is 11.4 Å². The van der Waals surface area contributed by atoms with E-state index in [1.807, 2.05) is 30.3 Å². The molecule has 8 heteroatoms. The van der Waals surface area contributed by atoms with E-state index >= 15 is 0 Å². The maximum atomic E-state index is 10.8. The van der Waals surface area contributed by atoms with Crippen molar-refractivity contribution in [1.82, 2.24) is 4.90 Å². The number of anilines is 1. The molecule has 0 unspecified atom stereocenters. The van der Waals surface area contributed by atoms with Crippen LogP contribution in [0, 0.1) is 10.1 Å². The summed E-state index contributed by atoms with van der Waals surface area (Å²) in [6, 6.07) is 16.0. The number of nitrogens with zero attached hydrogens (tertiary/aromatic N) is 3. The minimum absolute atomic E-state index is 0.0490. The molecular weight excluding hydrogens is 380 g/mol. The molecule has 27 heavy (non-hydrogen) atoms. The molecule has 0 spiro atoms. The molecule has 0 aliphatic rings. The molecule has 0 fully saturated rings. The Morgan fingerprint density at radius 3 is 2.33 bits per heavy atom. The second-order valence-electron chi connectivity index (χ2n) is 5.57. The smallest absolute Gasteiger partial charge is 0.269 e. The molecule has 2 aromatic carbocycles. The highest BCUT2D eigenvalue weighted by molar-refractivity contribution is 8.23. The molecule has 0 bridgehead atoms. The number of nitrogens with one attached hydrogen (secondary N) is 1. The van der Waals surface area contributed by atoms with E-state index < -0.39 is 4.92 Å². The average molecular weight is 403 g/mol. The standard InChI is InChI=1S/C19H22N4O2S2/c1-3-22(4-2)19(26)27-14-18(15-8-6-5-7-9-15)21-20-16-10-12-17(13-11-16)23(24)25/h5-13,20H,3-4,14H2,1-2H3. The Labute approximate surface area is 168 Å². The SMILES string of the molecule is CCN(CC)C(=S)SCC(=NNc1ccc([N+](=O)[O-])cc1)c1ccccc1. The summed E-state index contributed by atoms with van der Waals surface area (Å²) < 4.78 is 0.846. The molecule has 1 N–H and O–H groups in total. The van der Waals surface area contributed by atoms with Crippen LogP contribution in [0.5, 0.6) is 0 Å². The number of nitro benzene ring substituents is 1. The summed E-state index contributed by atoms with van der Waals surface area (Å²) in [7, 11) is 0. The van der Waals surface area contributed by atoms with Gasteiger partial charge in [-0.25, -0.2) is 0 Å². The van der Waals surface area contributed by atoms with Crippen LogP contribution in [0.1, 0.15) is 19.4 Å². The highest BCUT2D eigenvalue weighted by atomic mass is 32.2. The third-order valence-electron chi connectivity index (χ3n) is 3.86. The Morgan fingerprint density at radius 2 is 1.78 bits per heavy atom.